The van der Waals surface area contributed by atoms with E-state index in [9.17, 15) is 9.50 Å². The van der Waals surface area contributed by atoms with Crippen LogP contribution in [0.15, 0.2) is 83.8 Å². The highest BCUT2D eigenvalue weighted by molar-refractivity contribution is 5.76. The van der Waals surface area contributed by atoms with Gasteiger partial charge in [-0.15, -0.1) is 0 Å². The van der Waals surface area contributed by atoms with Gasteiger partial charge in [0.1, 0.15) is 5.82 Å². The maximum atomic E-state index is 13.6. The first-order chi connectivity index (χ1) is 13.5. The summed E-state index contributed by atoms with van der Waals surface area (Å²) in [4.78, 5) is 0. The van der Waals surface area contributed by atoms with Gasteiger partial charge in [-0.25, -0.2) is 4.39 Å². The molecule has 1 aromatic rings. The Morgan fingerprint density at radius 1 is 1.32 bits per heavy atom. The molecule has 0 spiro atoms. The molecule has 0 aromatic heterocycles. The van der Waals surface area contributed by atoms with Gasteiger partial charge >= 0.3 is 0 Å². The fourth-order valence-corrected chi connectivity index (χ4v) is 2.73. The largest absolute Gasteiger partial charge is 0.392 e. The van der Waals surface area contributed by atoms with Crippen LogP contribution in [0.25, 0.3) is 5.57 Å². The van der Waals surface area contributed by atoms with Gasteiger partial charge in [0.2, 0.25) is 0 Å². The van der Waals surface area contributed by atoms with Crippen LogP contribution in [0, 0.1) is 12.7 Å². The lowest BCUT2D eigenvalue weighted by atomic mass is 9.92. The van der Waals surface area contributed by atoms with E-state index in [0.29, 0.717) is 5.56 Å². The molecule has 3 nitrogen and oxygen atoms in total. The summed E-state index contributed by atoms with van der Waals surface area (Å²) in [5.74, 6) is -0.216. The van der Waals surface area contributed by atoms with Gasteiger partial charge < -0.3 is 16.2 Å². The van der Waals surface area contributed by atoms with E-state index >= 15 is 0 Å². The van der Waals surface area contributed by atoms with E-state index in [0.717, 1.165) is 33.6 Å². The standard InChI is InChI=1S/C22H25FN2O.C2H6/c1-4-5-6-20(16(3)17-7-8-21(23)15(2)11-17)18-9-10-25-22(12-18)19(13-24)14-26;1-2/h4-12,25-26H,1,13-14,24H2,2-3H3;1-2H3/b6-5-,20-16-,22-19+;. The molecular weight excluding hydrogens is 351 g/mol. The average molecular weight is 383 g/mol. The van der Waals surface area contributed by atoms with Gasteiger partial charge in [-0.1, -0.05) is 44.7 Å². The minimum atomic E-state index is -0.216. The Kier molecular flexibility index (Phi) is 9.93. The lowest BCUT2D eigenvalue weighted by Crippen LogP contribution is -2.17. The van der Waals surface area contributed by atoms with E-state index in [-0.39, 0.29) is 19.0 Å². The summed E-state index contributed by atoms with van der Waals surface area (Å²) in [6.07, 6.45) is 11.3. The van der Waals surface area contributed by atoms with Gasteiger partial charge in [0, 0.05) is 18.4 Å². The SMILES string of the molecule is C=C/C=C\C(C1=C/C(=C(/CN)CO)NC=C1)=C(/C)c1ccc(F)c(C)c1.CC. The summed E-state index contributed by atoms with van der Waals surface area (Å²) in [7, 11) is 0. The zero-order valence-corrected chi connectivity index (χ0v) is 17.2. The molecule has 150 valence electrons. The lowest BCUT2D eigenvalue weighted by Gasteiger charge is -2.18. The number of nitrogens with one attached hydrogen (secondary N) is 1. The van der Waals surface area contributed by atoms with E-state index in [1.165, 1.54) is 6.07 Å². The molecule has 0 saturated heterocycles. The summed E-state index contributed by atoms with van der Waals surface area (Å²) in [6.45, 7) is 11.7. The topological polar surface area (TPSA) is 58.3 Å². The Hall–Kier alpha value is -2.69. The summed E-state index contributed by atoms with van der Waals surface area (Å²) in [5, 5.41) is 12.6. The van der Waals surface area contributed by atoms with Crippen LogP contribution in [0.3, 0.4) is 0 Å². The number of aryl methyl sites for hydroxylation is 1. The fraction of sp³-hybridized carbons (Fsp3) is 0.250. The van der Waals surface area contributed by atoms with E-state index in [1.807, 2.05) is 57.3 Å². The normalized spacial score (nSPS) is 15.9. The Bertz CT molecular complexity index is 836. The first-order valence-corrected chi connectivity index (χ1v) is 9.46. The summed E-state index contributed by atoms with van der Waals surface area (Å²) < 4.78 is 13.6. The van der Waals surface area contributed by atoms with Gasteiger partial charge in [-0.05, 0) is 71.6 Å². The van der Waals surface area contributed by atoms with Crippen molar-refractivity contribution in [2.24, 2.45) is 5.73 Å². The van der Waals surface area contributed by atoms with E-state index < -0.39 is 0 Å². The molecular formula is C24H31FN2O. The van der Waals surface area contributed by atoms with Crippen molar-refractivity contribution in [2.45, 2.75) is 27.7 Å². The maximum absolute atomic E-state index is 13.6. The van der Waals surface area contributed by atoms with Gasteiger partial charge in [0.25, 0.3) is 0 Å². The quantitative estimate of drug-likeness (QED) is 0.612. The molecule has 1 aliphatic heterocycles. The Morgan fingerprint density at radius 3 is 2.61 bits per heavy atom. The molecule has 1 aromatic carbocycles. The van der Waals surface area contributed by atoms with Crippen molar-refractivity contribution in [3.05, 3.63) is 101 Å². The van der Waals surface area contributed by atoms with Crippen LogP contribution in [-0.4, -0.2) is 18.3 Å². The number of allylic oxidation sites excluding steroid dienone is 8. The molecule has 0 saturated carbocycles. The minimum Gasteiger partial charge on any atom is -0.392 e. The molecule has 0 bridgehead atoms. The third-order valence-corrected chi connectivity index (χ3v) is 4.32. The number of aliphatic hydroxyl groups excluding tert-OH is 1. The van der Waals surface area contributed by atoms with Crippen LogP contribution >= 0.6 is 0 Å². The molecule has 0 atom stereocenters. The maximum Gasteiger partial charge on any atom is 0.126 e. The second-order valence-corrected chi connectivity index (χ2v) is 6.05. The fourth-order valence-electron chi connectivity index (χ4n) is 2.73. The van der Waals surface area contributed by atoms with Crippen LogP contribution in [0.1, 0.15) is 31.9 Å². The Morgan fingerprint density at radius 2 is 2.04 bits per heavy atom. The highest BCUT2D eigenvalue weighted by Crippen LogP contribution is 2.29. The molecule has 0 fully saturated rings. The molecule has 2 rings (SSSR count). The number of nitrogens with two attached hydrogens (primary N) is 1. The lowest BCUT2D eigenvalue weighted by molar-refractivity contribution is 0.328. The van der Waals surface area contributed by atoms with Crippen molar-refractivity contribution in [3.8, 4) is 0 Å². The van der Waals surface area contributed by atoms with Crippen LogP contribution in [0.4, 0.5) is 4.39 Å². The smallest absolute Gasteiger partial charge is 0.126 e. The van der Waals surface area contributed by atoms with Crippen LogP contribution in [-0.2, 0) is 0 Å². The highest BCUT2D eigenvalue weighted by atomic mass is 19.1. The molecule has 0 unspecified atom stereocenters. The predicted octanol–water partition coefficient (Wildman–Crippen LogP) is 4.92. The zero-order valence-electron chi connectivity index (χ0n) is 17.2. The molecule has 0 amide bonds. The second kappa shape index (κ2) is 11.9. The van der Waals surface area contributed by atoms with Crippen molar-refractivity contribution in [3.63, 3.8) is 0 Å². The number of rotatable bonds is 6. The zero-order chi connectivity index (χ0) is 21.1. The molecule has 0 radical (unpaired) electrons. The van der Waals surface area contributed by atoms with Gasteiger partial charge in [-0.3, -0.25) is 0 Å². The van der Waals surface area contributed by atoms with Crippen molar-refractivity contribution in [1.29, 1.82) is 0 Å². The minimum absolute atomic E-state index is 0.103. The number of benzene rings is 1. The van der Waals surface area contributed by atoms with E-state index in [2.05, 4.69) is 11.9 Å². The van der Waals surface area contributed by atoms with Crippen molar-refractivity contribution in [2.75, 3.05) is 13.2 Å². The van der Waals surface area contributed by atoms with Gasteiger partial charge in [-0.2, -0.15) is 0 Å². The summed E-state index contributed by atoms with van der Waals surface area (Å²) in [5.41, 5.74) is 11.8. The second-order valence-electron chi connectivity index (χ2n) is 6.05. The number of dihydropyridines is 1. The third kappa shape index (κ3) is 5.91. The molecule has 0 aliphatic carbocycles. The third-order valence-electron chi connectivity index (χ3n) is 4.32. The Balaban J connectivity index is 0.00000190. The van der Waals surface area contributed by atoms with E-state index in [1.54, 1.807) is 19.1 Å². The predicted molar refractivity (Wildman–Crippen MR) is 118 cm³/mol. The summed E-state index contributed by atoms with van der Waals surface area (Å²) in [6, 6.07) is 5.10. The molecule has 1 heterocycles. The first-order valence-electron chi connectivity index (χ1n) is 9.46. The summed E-state index contributed by atoms with van der Waals surface area (Å²) >= 11 is 0. The molecule has 28 heavy (non-hydrogen) atoms. The molecule has 4 N–H and O–H groups in total. The van der Waals surface area contributed by atoms with Gasteiger partial charge in [0.15, 0.2) is 0 Å². The monoisotopic (exact) mass is 382 g/mol. The highest BCUT2D eigenvalue weighted by Gasteiger charge is 2.12. The number of hydrogen-bond acceptors (Lipinski definition) is 3. The van der Waals surface area contributed by atoms with Crippen molar-refractivity contribution < 1.29 is 9.50 Å². The van der Waals surface area contributed by atoms with Crippen molar-refractivity contribution in [1.82, 2.24) is 5.32 Å². The molecule has 1 aliphatic rings. The molecule has 4 heteroatoms. The number of hydrogen-bond donors (Lipinski definition) is 3. The van der Waals surface area contributed by atoms with Crippen LogP contribution in [0.2, 0.25) is 0 Å². The average Bonchev–Trinajstić information content (AvgIpc) is 2.73. The van der Waals surface area contributed by atoms with Crippen LogP contribution < -0.4 is 11.1 Å². The van der Waals surface area contributed by atoms with Crippen LogP contribution in [0.5, 0.6) is 0 Å². The Labute approximate surface area is 168 Å². The van der Waals surface area contributed by atoms with E-state index in [4.69, 9.17) is 5.73 Å². The first kappa shape index (κ1) is 23.3. The van der Waals surface area contributed by atoms with Crippen molar-refractivity contribution >= 4 is 5.57 Å². The van der Waals surface area contributed by atoms with Gasteiger partial charge in [0.05, 0.1) is 6.61 Å². The number of aliphatic hydroxyl groups is 1. The number of halogens is 1.